The van der Waals surface area contributed by atoms with Gasteiger partial charge in [-0.15, -0.1) is 0 Å². The summed E-state index contributed by atoms with van der Waals surface area (Å²) in [5, 5.41) is 8.40. The van der Waals surface area contributed by atoms with E-state index < -0.39 is 0 Å². The summed E-state index contributed by atoms with van der Waals surface area (Å²) in [6.45, 7) is 4.77. The molecule has 118 valence electrons. The van der Waals surface area contributed by atoms with Crippen molar-refractivity contribution in [3.63, 3.8) is 0 Å². The van der Waals surface area contributed by atoms with Crippen LogP contribution in [-0.4, -0.2) is 45.4 Å². The van der Waals surface area contributed by atoms with E-state index in [0.29, 0.717) is 24.2 Å². The number of morpholine rings is 1. The maximum absolute atomic E-state index is 12.0. The Hall–Kier alpha value is -1.67. The van der Waals surface area contributed by atoms with Gasteiger partial charge in [-0.25, -0.2) is 4.68 Å². The summed E-state index contributed by atoms with van der Waals surface area (Å²) in [4.78, 5) is 14.1. The number of nitrogens with zero attached hydrogens (tertiary/aromatic N) is 5. The Labute approximate surface area is 136 Å². The van der Waals surface area contributed by atoms with Gasteiger partial charge < -0.3 is 9.64 Å². The molecule has 1 unspecified atom stereocenters. The minimum Gasteiger partial charge on any atom is -0.373 e. The molecule has 0 aliphatic carbocycles. The Morgan fingerprint density at radius 3 is 2.95 bits per heavy atom. The first-order chi connectivity index (χ1) is 10.5. The van der Waals surface area contributed by atoms with Crippen molar-refractivity contribution in [3.8, 4) is 0 Å². The zero-order valence-corrected chi connectivity index (χ0v) is 14.2. The predicted molar refractivity (Wildman–Crippen MR) is 86.1 cm³/mol. The van der Waals surface area contributed by atoms with Gasteiger partial charge >= 0.3 is 0 Å². The van der Waals surface area contributed by atoms with Crippen molar-refractivity contribution < 1.29 is 4.74 Å². The van der Waals surface area contributed by atoms with Crippen molar-refractivity contribution in [2.24, 2.45) is 7.05 Å². The third-order valence-electron chi connectivity index (χ3n) is 3.69. The zero-order valence-electron chi connectivity index (χ0n) is 12.6. The summed E-state index contributed by atoms with van der Waals surface area (Å²) in [5.41, 5.74) is 1.81. The Balaban J connectivity index is 1.76. The molecular weight excluding hydrogens is 350 g/mol. The molecule has 22 heavy (non-hydrogen) atoms. The highest BCUT2D eigenvalue weighted by atomic mass is 79.9. The van der Waals surface area contributed by atoms with E-state index in [0.717, 1.165) is 17.8 Å². The molecule has 0 saturated carbocycles. The predicted octanol–water partition coefficient (Wildman–Crippen LogP) is 0.953. The van der Waals surface area contributed by atoms with Crippen LogP contribution in [0.4, 0.5) is 5.69 Å². The molecule has 0 bridgehead atoms. The van der Waals surface area contributed by atoms with E-state index in [1.165, 1.54) is 4.68 Å². The lowest BCUT2D eigenvalue weighted by Gasteiger charge is -2.34. The summed E-state index contributed by atoms with van der Waals surface area (Å²) < 4.78 is 9.56. The van der Waals surface area contributed by atoms with E-state index >= 15 is 0 Å². The first-order valence-corrected chi connectivity index (χ1v) is 7.91. The van der Waals surface area contributed by atoms with Crippen LogP contribution in [0.3, 0.4) is 0 Å². The summed E-state index contributed by atoms with van der Waals surface area (Å²) in [7, 11) is 1.64. The molecule has 3 heterocycles. The molecule has 8 heteroatoms. The molecule has 2 aromatic heterocycles. The second kappa shape index (κ2) is 6.21. The van der Waals surface area contributed by atoms with Crippen LogP contribution in [0.5, 0.6) is 0 Å². The maximum atomic E-state index is 12.0. The number of anilines is 1. The van der Waals surface area contributed by atoms with Crippen LogP contribution in [-0.2, 0) is 18.3 Å². The number of aryl methyl sites for hydroxylation is 2. The highest BCUT2D eigenvalue weighted by molar-refractivity contribution is 9.10. The number of hydrogen-bond donors (Lipinski definition) is 0. The third kappa shape index (κ3) is 3.07. The zero-order chi connectivity index (χ0) is 15.7. The van der Waals surface area contributed by atoms with Crippen LogP contribution >= 0.6 is 15.9 Å². The van der Waals surface area contributed by atoms with Crippen LogP contribution in [0.25, 0.3) is 0 Å². The largest absolute Gasteiger partial charge is 0.373 e. The fourth-order valence-electron chi connectivity index (χ4n) is 2.55. The molecule has 1 atom stereocenters. The standard InChI is InChI=1S/C14H18BrN5O2/c1-10-5-17-20(7-10)9-11-8-19(3-4-22-11)12-6-16-18(2)14(21)13(12)15/h5-7,11H,3-4,8-9H2,1-2H3. The van der Waals surface area contributed by atoms with E-state index in [4.69, 9.17) is 4.74 Å². The summed E-state index contributed by atoms with van der Waals surface area (Å²) in [5.74, 6) is 0. The molecule has 0 amide bonds. The van der Waals surface area contributed by atoms with E-state index in [-0.39, 0.29) is 11.7 Å². The van der Waals surface area contributed by atoms with Gasteiger partial charge in [0.25, 0.3) is 5.56 Å². The van der Waals surface area contributed by atoms with Gasteiger partial charge in [0.2, 0.25) is 0 Å². The van der Waals surface area contributed by atoms with Crippen molar-refractivity contribution in [2.45, 2.75) is 19.6 Å². The molecule has 3 rings (SSSR count). The van der Waals surface area contributed by atoms with E-state index in [2.05, 4.69) is 31.0 Å². The molecule has 1 saturated heterocycles. The highest BCUT2D eigenvalue weighted by Gasteiger charge is 2.24. The molecule has 0 aromatic carbocycles. The number of halogens is 1. The molecule has 7 nitrogen and oxygen atoms in total. The molecule has 1 aliphatic heterocycles. The fourth-order valence-corrected chi connectivity index (χ4v) is 3.16. The van der Waals surface area contributed by atoms with E-state index in [1.807, 2.05) is 24.0 Å². The second-order valence-electron chi connectivity index (χ2n) is 5.45. The first kappa shape index (κ1) is 15.2. The number of aromatic nitrogens is 4. The van der Waals surface area contributed by atoms with Crippen molar-refractivity contribution in [2.75, 3.05) is 24.6 Å². The van der Waals surface area contributed by atoms with Crippen LogP contribution in [0.15, 0.2) is 27.9 Å². The molecular formula is C14H18BrN5O2. The lowest BCUT2D eigenvalue weighted by Crippen LogP contribution is -2.45. The van der Waals surface area contributed by atoms with Crippen molar-refractivity contribution in [3.05, 3.63) is 39.0 Å². The van der Waals surface area contributed by atoms with E-state index in [9.17, 15) is 4.79 Å². The van der Waals surface area contributed by atoms with Crippen molar-refractivity contribution in [1.82, 2.24) is 19.6 Å². The van der Waals surface area contributed by atoms with Gasteiger partial charge in [0.05, 0.1) is 37.3 Å². The number of ether oxygens (including phenoxy) is 1. The molecule has 0 radical (unpaired) electrons. The van der Waals surface area contributed by atoms with E-state index in [1.54, 1.807) is 13.2 Å². The Morgan fingerprint density at radius 2 is 2.23 bits per heavy atom. The van der Waals surface area contributed by atoms with Crippen LogP contribution in [0, 0.1) is 6.92 Å². The van der Waals surface area contributed by atoms with Crippen LogP contribution in [0.2, 0.25) is 0 Å². The summed E-state index contributed by atoms with van der Waals surface area (Å²) in [6.07, 6.45) is 5.58. The number of hydrogen-bond acceptors (Lipinski definition) is 5. The topological polar surface area (TPSA) is 65.2 Å². The fraction of sp³-hybridized carbons (Fsp3) is 0.500. The first-order valence-electron chi connectivity index (χ1n) is 7.12. The number of rotatable bonds is 3. The Kier molecular flexibility index (Phi) is 4.30. The molecule has 1 fully saturated rings. The van der Waals surface area contributed by atoms with Crippen molar-refractivity contribution >= 4 is 21.6 Å². The van der Waals surface area contributed by atoms with Crippen molar-refractivity contribution in [1.29, 1.82) is 0 Å². The van der Waals surface area contributed by atoms with Gasteiger partial charge in [-0.2, -0.15) is 10.2 Å². The summed E-state index contributed by atoms with van der Waals surface area (Å²) in [6, 6.07) is 0. The average Bonchev–Trinajstić information content (AvgIpc) is 2.90. The molecule has 2 aromatic rings. The van der Waals surface area contributed by atoms with Gasteiger partial charge in [-0.05, 0) is 28.4 Å². The minimum absolute atomic E-state index is 0.0315. The molecule has 0 spiro atoms. The van der Waals surface area contributed by atoms with Gasteiger partial charge in [0.15, 0.2) is 0 Å². The highest BCUT2D eigenvalue weighted by Crippen LogP contribution is 2.23. The Bertz CT molecular complexity index is 726. The molecule has 0 N–H and O–H groups in total. The second-order valence-corrected chi connectivity index (χ2v) is 6.24. The SMILES string of the molecule is Cc1cnn(CC2CN(c3cnn(C)c(=O)c3Br)CCO2)c1. The normalized spacial score (nSPS) is 18.7. The Morgan fingerprint density at radius 1 is 1.41 bits per heavy atom. The minimum atomic E-state index is -0.136. The molecule has 1 aliphatic rings. The van der Waals surface area contributed by atoms with Crippen LogP contribution < -0.4 is 10.5 Å². The third-order valence-corrected chi connectivity index (χ3v) is 4.44. The van der Waals surface area contributed by atoms with Gasteiger partial charge in [0, 0.05) is 26.3 Å². The van der Waals surface area contributed by atoms with Gasteiger partial charge in [-0.3, -0.25) is 9.48 Å². The van der Waals surface area contributed by atoms with Crippen LogP contribution in [0.1, 0.15) is 5.56 Å². The lowest BCUT2D eigenvalue weighted by atomic mass is 10.2. The lowest BCUT2D eigenvalue weighted by molar-refractivity contribution is 0.0273. The summed E-state index contributed by atoms with van der Waals surface area (Å²) >= 11 is 3.38. The quantitative estimate of drug-likeness (QED) is 0.807. The van der Waals surface area contributed by atoms with Gasteiger partial charge in [-0.1, -0.05) is 0 Å². The van der Waals surface area contributed by atoms with Gasteiger partial charge in [0.1, 0.15) is 4.47 Å². The smallest absolute Gasteiger partial charge is 0.282 e. The maximum Gasteiger partial charge on any atom is 0.282 e. The average molecular weight is 368 g/mol. The monoisotopic (exact) mass is 367 g/mol.